The quantitative estimate of drug-likeness (QED) is 0.749. The van der Waals surface area contributed by atoms with E-state index in [1.54, 1.807) is 0 Å². The third-order valence-corrected chi connectivity index (χ3v) is 4.18. The maximum Gasteiger partial charge on any atom is 0.306 e. The Morgan fingerprint density at radius 1 is 1.60 bits per heavy atom. The number of carbonyl (C=O) groups is 1. The molecule has 86 valence electrons. The molecular weight excluding hydrogens is 194 g/mol. The monoisotopic (exact) mass is 213 g/mol. The van der Waals surface area contributed by atoms with Gasteiger partial charge < -0.3 is 14.7 Å². The first kappa shape index (κ1) is 10.9. The van der Waals surface area contributed by atoms with Gasteiger partial charge in [0.1, 0.15) is 0 Å². The molecule has 15 heavy (non-hydrogen) atoms. The zero-order valence-electron chi connectivity index (χ0n) is 9.40. The van der Waals surface area contributed by atoms with Crippen molar-refractivity contribution in [2.24, 2.45) is 17.3 Å². The summed E-state index contributed by atoms with van der Waals surface area (Å²) in [7, 11) is 2.10. The van der Waals surface area contributed by atoms with Crippen LogP contribution in [0.3, 0.4) is 0 Å². The van der Waals surface area contributed by atoms with E-state index in [2.05, 4.69) is 11.9 Å². The summed E-state index contributed by atoms with van der Waals surface area (Å²) in [5.74, 6) is -0.488. The van der Waals surface area contributed by atoms with Crippen LogP contribution < -0.4 is 0 Å². The van der Waals surface area contributed by atoms with Gasteiger partial charge in [0, 0.05) is 12.0 Å². The minimum absolute atomic E-state index is 0.101. The van der Waals surface area contributed by atoms with E-state index in [9.17, 15) is 4.79 Å². The molecule has 4 nitrogen and oxygen atoms in total. The van der Waals surface area contributed by atoms with Gasteiger partial charge in [0.15, 0.2) is 0 Å². The highest BCUT2D eigenvalue weighted by atomic mass is 16.5. The van der Waals surface area contributed by atoms with Crippen molar-refractivity contribution >= 4 is 5.97 Å². The molecule has 2 fully saturated rings. The van der Waals surface area contributed by atoms with Crippen LogP contribution in [0.15, 0.2) is 0 Å². The van der Waals surface area contributed by atoms with Gasteiger partial charge in [0.2, 0.25) is 0 Å². The Morgan fingerprint density at radius 3 is 2.60 bits per heavy atom. The van der Waals surface area contributed by atoms with Crippen molar-refractivity contribution in [3.63, 3.8) is 0 Å². The minimum Gasteiger partial charge on any atom is -0.481 e. The third-order valence-electron chi connectivity index (χ3n) is 4.18. The molecule has 2 atom stereocenters. The number of carboxylic acid groups (broad SMARTS) is 1. The van der Waals surface area contributed by atoms with Crippen molar-refractivity contribution in [3.8, 4) is 0 Å². The predicted octanol–water partition coefficient (Wildman–Crippen LogP) is 0.675. The van der Waals surface area contributed by atoms with E-state index in [0.29, 0.717) is 19.1 Å². The molecule has 0 amide bonds. The summed E-state index contributed by atoms with van der Waals surface area (Å²) in [6.45, 7) is 5.17. The molecule has 2 aliphatic heterocycles. The summed E-state index contributed by atoms with van der Waals surface area (Å²) in [6, 6.07) is 0. The fourth-order valence-corrected chi connectivity index (χ4v) is 2.83. The fourth-order valence-electron chi connectivity index (χ4n) is 2.83. The van der Waals surface area contributed by atoms with Crippen LogP contribution in [0.4, 0.5) is 0 Å². The Kier molecular flexibility index (Phi) is 2.73. The number of carboxylic acids is 1. The molecule has 2 saturated heterocycles. The SMILES string of the molecule is CC(C(=O)O)C1(C2CCN(C)C2)COC1. The van der Waals surface area contributed by atoms with Crippen molar-refractivity contribution in [1.29, 1.82) is 0 Å². The van der Waals surface area contributed by atoms with Crippen LogP contribution in [-0.4, -0.2) is 49.3 Å². The van der Waals surface area contributed by atoms with Gasteiger partial charge in [-0.15, -0.1) is 0 Å². The Bertz CT molecular complexity index is 263. The van der Waals surface area contributed by atoms with Crippen LogP contribution in [0.5, 0.6) is 0 Å². The second kappa shape index (κ2) is 3.76. The van der Waals surface area contributed by atoms with Gasteiger partial charge >= 0.3 is 5.97 Å². The number of rotatable bonds is 3. The number of likely N-dealkylation sites (tertiary alicyclic amines) is 1. The van der Waals surface area contributed by atoms with Crippen LogP contribution >= 0.6 is 0 Å². The number of nitrogens with zero attached hydrogens (tertiary/aromatic N) is 1. The topological polar surface area (TPSA) is 49.8 Å². The first-order chi connectivity index (χ1) is 7.06. The van der Waals surface area contributed by atoms with E-state index in [0.717, 1.165) is 19.5 Å². The molecular formula is C11H19NO3. The predicted molar refractivity (Wildman–Crippen MR) is 55.7 cm³/mol. The highest BCUT2D eigenvalue weighted by Crippen LogP contribution is 2.46. The summed E-state index contributed by atoms with van der Waals surface area (Å²) in [5.41, 5.74) is -0.101. The maximum atomic E-state index is 11.1. The van der Waals surface area contributed by atoms with Gasteiger partial charge in [-0.1, -0.05) is 6.92 Å². The Balaban J connectivity index is 2.11. The molecule has 0 aliphatic carbocycles. The first-order valence-electron chi connectivity index (χ1n) is 5.55. The van der Waals surface area contributed by atoms with Gasteiger partial charge in [0.05, 0.1) is 19.1 Å². The lowest BCUT2D eigenvalue weighted by molar-refractivity contribution is -0.189. The van der Waals surface area contributed by atoms with E-state index in [1.807, 2.05) is 6.92 Å². The molecule has 2 rings (SSSR count). The van der Waals surface area contributed by atoms with Crippen LogP contribution in [0.1, 0.15) is 13.3 Å². The van der Waals surface area contributed by atoms with Crippen molar-refractivity contribution in [1.82, 2.24) is 4.90 Å². The minimum atomic E-state index is -0.687. The summed E-state index contributed by atoms with van der Waals surface area (Å²) < 4.78 is 5.28. The second-order valence-electron chi connectivity index (χ2n) is 5.03. The second-order valence-corrected chi connectivity index (χ2v) is 5.03. The number of ether oxygens (including phenoxy) is 1. The largest absolute Gasteiger partial charge is 0.481 e. The molecule has 0 aromatic carbocycles. The van der Waals surface area contributed by atoms with Gasteiger partial charge in [-0.3, -0.25) is 4.79 Å². The Labute approximate surface area is 90.2 Å². The molecule has 1 N–H and O–H groups in total. The summed E-state index contributed by atoms with van der Waals surface area (Å²) >= 11 is 0. The number of hydrogen-bond acceptors (Lipinski definition) is 3. The third kappa shape index (κ3) is 1.66. The molecule has 0 aromatic rings. The lowest BCUT2D eigenvalue weighted by Gasteiger charge is -2.48. The van der Waals surface area contributed by atoms with E-state index in [-0.39, 0.29) is 11.3 Å². The van der Waals surface area contributed by atoms with E-state index in [4.69, 9.17) is 9.84 Å². The normalized spacial score (nSPS) is 32.3. The van der Waals surface area contributed by atoms with Gasteiger partial charge in [-0.2, -0.15) is 0 Å². The van der Waals surface area contributed by atoms with Crippen molar-refractivity contribution < 1.29 is 14.6 Å². The average molecular weight is 213 g/mol. The lowest BCUT2D eigenvalue weighted by Crippen LogP contribution is -2.55. The van der Waals surface area contributed by atoms with E-state index < -0.39 is 5.97 Å². The smallest absolute Gasteiger partial charge is 0.306 e. The van der Waals surface area contributed by atoms with Crippen LogP contribution in [0.2, 0.25) is 0 Å². The Morgan fingerprint density at radius 2 is 2.27 bits per heavy atom. The molecule has 0 spiro atoms. The lowest BCUT2D eigenvalue weighted by atomic mass is 9.65. The van der Waals surface area contributed by atoms with Crippen LogP contribution in [0.25, 0.3) is 0 Å². The average Bonchev–Trinajstić information content (AvgIpc) is 2.50. The molecule has 0 aromatic heterocycles. The van der Waals surface area contributed by atoms with Gasteiger partial charge in [0.25, 0.3) is 0 Å². The van der Waals surface area contributed by atoms with Crippen molar-refractivity contribution in [2.75, 3.05) is 33.4 Å². The van der Waals surface area contributed by atoms with Crippen molar-refractivity contribution in [2.45, 2.75) is 13.3 Å². The molecule has 0 bridgehead atoms. The van der Waals surface area contributed by atoms with Gasteiger partial charge in [-0.05, 0) is 25.9 Å². The van der Waals surface area contributed by atoms with E-state index >= 15 is 0 Å². The van der Waals surface area contributed by atoms with Crippen LogP contribution in [-0.2, 0) is 9.53 Å². The molecule has 2 unspecified atom stereocenters. The Hall–Kier alpha value is -0.610. The number of hydrogen-bond donors (Lipinski definition) is 1. The van der Waals surface area contributed by atoms with Crippen LogP contribution in [0, 0.1) is 17.3 Å². The molecule has 2 heterocycles. The van der Waals surface area contributed by atoms with Crippen molar-refractivity contribution in [3.05, 3.63) is 0 Å². The standard InChI is InChI=1S/C11H19NO3/c1-8(10(13)14)11(6-15-7-11)9-3-4-12(2)5-9/h8-9H,3-7H2,1-2H3,(H,13,14). The molecule has 4 heteroatoms. The zero-order valence-corrected chi connectivity index (χ0v) is 9.40. The summed E-state index contributed by atoms with van der Waals surface area (Å²) in [4.78, 5) is 13.4. The summed E-state index contributed by atoms with van der Waals surface area (Å²) in [5, 5.41) is 9.14. The summed E-state index contributed by atoms with van der Waals surface area (Å²) in [6.07, 6.45) is 1.11. The molecule has 2 aliphatic rings. The van der Waals surface area contributed by atoms with Gasteiger partial charge in [-0.25, -0.2) is 0 Å². The highest BCUT2D eigenvalue weighted by molar-refractivity contribution is 5.71. The maximum absolute atomic E-state index is 11.1. The molecule has 0 saturated carbocycles. The molecule has 0 radical (unpaired) electrons. The zero-order chi connectivity index (χ0) is 11.1. The first-order valence-corrected chi connectivity index (χ1v) is 5.55. The highest BCUT2D eigenvalue weighted by Gasteiger charge is 2.53. The number of aliphatic carboxylic acids is 1. The fraction of sp³-hybridized carbons (Fsp3) is 0.909. The van der Waals surface area contributed by atoms with E-state index in [1.165, 1.54) is 0 Å².